The van der Waals surface area contributed by atoms with E-state index in [9.17, 15) is 9.59 Å². The highest BCUT2D eigenvalue weighted by atomic mass is 32.1. The molecule has 0 spiro atoms. The number of hydrogen-bond donors (Lipinski definition) is 2. The largest absolute Gasteiger partial charge is 0.478 e. The standard InChI is InChI=1S/C12H11NO4S/c1-7-2-3-9(17-7)5-10(14)13-11-4-8(6-18-11)12(15)16/h2-4,6H,5H2,1H3,(H,13,14)(H,15,16). The van der Waals surface area contributed by atoms with E-state index >= 15 is 0 Å². The summed E-state index contributed by atoms with van der Waals surface area (Å²) in [7, 11) is 0. The predicted octanol–water partition coefficient (Wildman–Crippen LogP) is 2.53. The van der Waals surface area contributed by atoms with Crippen LogP contribution in [0.5, 0.6) is 0 Å². The minimum absolute atomic E-state index is 0.133. The number of aryl methyl sites for hydroxylation is 1. The minimum atomic E-state index is -1.01. The molecule has 0 aliphatic carbocycles. The van der Waals surface area contributed by atoms with Gasteiger partial charge in [-0.2, -0.15) is 0 Å². The van der Waals surface area contributed by atoms with Crippen molar-refractivity contribution in [1.29, 1.82) is 0 Å². The summed E-state index contributed by atoms with van der Waals surface area (Å²) < 4.78 is 5.28. The lowest BCUT2D eigenvalue weighted by Crippen LogP contribution is -2.13. The van der Waals surface area contributed by atoms with Gasteiger partial charge < -0.3 is 14.8 Å². The van der Waals surface area contributed by atoms with Gasteiger partial charge in [-0.15, -0.1) is 11.3 Å². The maximum atomic E-state index is 11.7. The second-order valence-corrected chi connectivity index (χ2v) is 4.65. The van der Waals surface area contributed by atoms with E-state index in [0.29, 0.717) is 10.8 Å². The second kappa shape index (κ2) is 5.05. The lowest BCUT2D eigenvalue weighted by molar-refractivity contribution is -0.115. The van der Waals surface area contributed by atoms with Crippen LogP contribution in [0, 0.1) is 6.92 Å². The number of furan rings is 1. The van der Waals surface area contributed by atoms with Crippen molar-refractivity contribution in [2.45, 2.75) is 13.3 Å². The van der Waals surface area contributed by atoms with Crippen molar-refractivity contribution in [3.63, 3.8) is 0 Å². The molecule has 2 N–H and O–H groups in total. The van der Waals surface area contributed by atoms with Crippen LogP contribution in [0.15, 0.2) is 28.0 Å². The summed E-state index contributed by atoms with van der Waals surface area (Å²) in [5, 5.41) is 13.4. The van der Waals surface area contributed by atoms with Gasteiger partial charge in [0.2, 0.25) is 5.91 Å². The van der Waals surface area contributed by atoms with Crippen LogP contribution in [0.25, 0.3) is 0 Å². The Morgan fingerprint density at radius 3 is 2.78 bits per heavy atom. The highest BCUT2D eigenvalue weighted by molar-refractivity contribution is 7.14. The van der Waals surface area contributed by atoms with Crippen LogP contribution in [-0.4, -0.2) is 17.0 Å². The number of carbonyl (C=O) groups is 2. The molecular formula is C12H11NO4S. The molecule has 2 aromatic rings. The average molecular weight is 265 g/mol. The van der Waals surface area contributed by atoms with Crippen LogP contribution in [0.4, 0.5) is 5.00 Å². The zero-order chi connectivity index (χ0) is 13.1. The number of carbonyl (C=O) groups excluding carboxylic acids is 1. The molecule has 0 saturated heterocycles. The molecule has 2 aromatic heterocycles. The van der Waals surface area contributed by atoms with Crippen LogP contribution < -0.4 is 5.32 Å². The van der Waals surface area contributed by atoms with Crippen LogP contribution >= 0.6 is 11.3 Å². The Hall–Kier alpha value is -2.08. The molecule has 94 valence electrons. The van der Waals surface area contributed by atoms with Gasteiger partial charge in [-0.1, -0.05) is 0 Å². The first-order valence-corrected chi connectivity index (χ1v) is 6.09. The van der Waals surface area contributed by atoms with Crippen LogP contribution in [0.2, 0.25) is 0 Å². The Morgan fingerprint density at radius 1 is 1.44 bits per heavy atom. The van der Waals surface area contributed by atoms with Crippen LogP contribution in [0.1, 0.15) is 21.9 Å². The molecule has 2 heterocycles. The van der Waals surface area contributed by atoms with Gasteiger partial charge in [-0.25, -0.2) is 4.79 Å². The van der Waals surface area contributed by atoms with Gasteiger partial charge in [-0.3, -0.25) is 4.79 Å². The number of thiophene rings is 1. The third-order valence-corrected chi connectivity index (χ3v) is 3.09. The van der Waals surface area contributed by atoms with Gasteiger partial charge >= 0.3 is 5.97 Å². The van der Waals surface area contributed by atoms with E-state index in [0.717, 1.165) is 5.76 Å². The highest BCUT2D eigenvalue weighted by Crippen LogP contribution is 2.20. The van der Waals surface area contributed by atoms with Crippen LogP contribution in [-0.2, 0) is 11.2 Å². The molecule has 0 aromatic carbocycles. The van der Waals surface area contributed by atoms with Crippen molar-refractivity contribution in [2.75, 3.05) is 5.32 Å². The minimum Gasteiger partial charge on any atom is -0.478 e. The molecule has 1 amide bonds. The number of hydrogen-bond acceptors (Lipinski definition) is 4. The quantitative estimate of drug-likeness (QED) is 0.890. The first-order chi connectivity index (χ1) is 8.54. The monoisotopic (exact) mass is 265 g/mol. The van der Waals surface area contributed by atoms with Crippen LogP contribution in [0.3, 0.4) is 0 Å². The third-order valence-electron chi connectivity index (χ3n) is 2.24. The summed E-state index contributed by atoms with van der Waals surface area (Å²) in [5.41, 5.74) is 0.171. The molecule has 0 radical (unpaired) electrons. The van der Waals surface area contributed by atoms with Crippen molar-refractivity contribution in [1.82, 2.24) is 0 Å². The number of aromatic carboxylic acids is 1. The SMILES string of the molecule is Cc1ccc(CC(=O)Nc2cc(C(=O)O)cs2)o1. The smallest absolute Gasteiger partial charge is 0.336 e. The molecule has 0 aliphatic heterocycles. The summed E-state index contributed by atoms with van der Waals surface area (Å²) in [6.07, 6.45) is 0.133. The number of carboxylic acid groups (broad SMARTS) is 1. The van der Waals surface area contributed by atoms with Crippen molar-refractivity contribution < 1.29 is 19.1 Å². The van der Waals surface area contributed by atoms with Gasteiger partial charge in [0.05, 0.1) is 17.0 Å². The molecule has 2 rings (SSSR count). The molecule has 18 heavy (non-hydrogen) atoms. The number of carboxylic acids is 1. The topological polar surface area (TPSA) is 79.5 Å². The summed E-state index contributed by atoms with van der Waals surface area (Å²) in [4.78, 5) is 22.3. The zero-order valence-corrected chi connectivity index (χ0v) is 10.4. The van der Waals surface area contributed by atoms with E-state index in [-0.39, 0.29) is 17.9 Å². The molecule has 0 bridgehead atoms. The fourth-order valence-electron chi connectivity index (χ4n) is 1.43. The van der Waals surface area contributed by atoms with E-state index in [2.05, 4.69) is 5.32 Å². The van der Waals surface area contributed by atoms with E-state index < -0.39 is 5.97 Å². The van der Waals surface area contributed by atoms with Gasteiger partial charge in [0, 0.05) is 5.38 Å². The molecule has 6 heteroatoms. The number of anilines is 1. The molecule has 0 atom stereocenters. The number of nitrogens with one attached hydrogen (secondary N) is 1. The van der Waals surface area contributed by atoms with Gasteiger partial charge in [-0.05, 0) is 25.1 Å². The molecule has 5 nitrogen and oxygen atoms in total. The Bertz CT molecular complexity index is 584. The number of amides is 1. The third kappa shape index (κ3) is 2.98. The second-order valence-electron chi connectivity index (χ2n) is 3.74. The Labute approximate surface area is 107 Å². The fraction of sp³-hybridized carbons (Fsp3) is 0.167. The van der Waals surface area contributed by atoms with Crippen molar-refractivity contribution in [2.24, 2.45) is 0 Å². The van der Waals surface area contributed by atoms with E-state index in [1.165, 1.54) is 22.8 Å². The highest BCUT2D eigenvalue weighted by Gasteiger charge is 2.10. The molecular weight excluding hydrogens is 254 g/mol. The predicted molar refractivity (Wildman–Crippen MR) is 67.1 cm³/mol. The van der Waals surface area contributed by atoms with Crippen molar-refractivity contribution >= 4 is 28.2 Å². The van der Waals surface area contributed by atoms with Crippen molar-refractivity contribution in [3.8, 4) is 0 Å². The van der Waals surface area contributed by atoms with E-state index in [1.54, 1.807) is 19.1 Å². The number of rotatable bonds is 4. The van der Waals surface area contributed by atoms with Crippen molar-refractivity contribution in [3.05, 3.63) is 40.7 Å². The Kier molecular flexibility index (Phi) is 3.47. The lowest BCUT2D eigenvalue weighted by Gasteiger charge is -1.99. The van der Waals surface area contributed by atoms with E-state index in [1.807, 2.05) is 0 Å². The summed E-state index contributed by atoms with van der Waals surface area (Å²) in [6.45, 7) is 1.81. The summed E-state index contributed by atoms with van der Waals surface area (Å²) >= 11 is 1.18. The average Bonchev–Trinajstić information content (AvgIpc) is 2.88. The Balaban J connectivity index is 1.96. The zero-order valence-electron chi connectivity index (χ0n) is 9.60. The maximum Gasteiger partial charge on any atom is 0.336 e. The summed E-state index contributed by atoms with van der Waals surface area (Å²) in [5.74, 6) is 0.0960. The molecule has 0 saturated carbocycles. The maximum absolute atomic E-state index is 11.7. The summed E-state index contributed by atoms with van der Waals surface area (Å²) in [6, 6.07) is 4.96. The molecule has 0 unspecified atom stereocenters. The first-order valence-electron chi connectivity index (χ1n) is 5.21. The van der Waals surface area contributed by atoms with Gasteiger partial charge in [0.1, 0.15) is 11.5 Å². The molecule has 0 aliphatic rings. The molecule has 0 fully saturated rings. The van der Waals surface area contributed by atoms with Gasteiger partial charge in [0.15, 0.2) is 0 Å². The fourth-order valence-corrected chi connectivity index (χ4v) is 2.22. The van der Waals surface area contributed by atoms with Gasteiger partial charge in [0.25, 0.3) is 0 Å². The Morgan fingerprint density at radius 2 is 2.22 bits per heavy atom. The normalized spacial score (nSPS) is 10.3. The lowest BCUT2D eigenvalue weighted by atomic mass is 10.3. The first kappa shape index (κ1) is 12.4. The van der Waals surface area contributed by atoms with E-state index in [4.69, 9.17) is 9.52 Å².